The van der Waals surface area contributed by atoms with Crippen LogP contribution in [0.15, 0.2) is 9.21 Å². The van der Waals surface area contributed by atoms with Crippen LogP contribution in [0.3, 0.4) is 0 Å². The predicted molar refractivity (Wildman–Crippen MR) is 41.7 cm³/mol. The lowest BCUT2D eigenvalue weighted by molar-refractivity contribution is 0.406. The first-order valence-electron chi connectivity index (χ1n) is 4.05. The van der Waals surface area contributed by atoms with Crippen LogP contribution in [0.4, 0.5) is 0 Å². The zero-order valence-corrected chi connectivity index (χ0v) is 6.91. The number of nitrogens with zero attached hydrogens (tertiary/aromatic N) is 2. The third kappa shape index (κ3) is 1.16. The van der Waals surface area contributed by atoms with Gasteiger partial charge < -0.3 is 9.73 Å². The van der Waals surface area contributed by atoms with Crippen molar-refractivity contribution in [3.63, 3.8) is 0 Å². The Morgan fingerprint density at radius 3 is 3.08 bits per heavy atom. The summed E-state index contributed by atoms with van der Waals surface area (Å²) >= 11 is 0. The van der Waals surface area contributed by atoms with Crippen molar-refractivity contribution in [3.05, 3.63) is 16.4 Å². The summed E-state index contributed by atoms with van der Waals surface area (Å²) < 4.78 is 6.15. The van der Waals surface area contributed by atoms with E-state index >= 15 is 0 Å². The fraction of sp³-hybridized carbons (Fsp3) is 0.714. The highest BCUT2D eigenvalue weighted by Gasteiger charge is 2.21. The number of hydrogen-bond donors (Lipinski definition) is 1. The van der Waals surface area contributed by atoms with Crippen LogP contribution in [-0.2, 0) is 7.05 Å². The van der Waals surface area contributed by atoms with Gasteiger partial charge >= 0.3 is 5.76 Å². The van der Waals surface area contributed by atoms with Crippen molar-refractivity contribution in [1.82, 2.24) is 15.1 Å². The fourth-order valence-electron chi connectivity index (χ4n) is 1.40. The van der Waals surface area contributed by atoms with Gasteiger partial charge in [0.15, 0.2) is 0 Å². The second-order valence-electron chi connectivity index (χ2n) is 2.98. The number of aryl methyl sites for hydroxylation is 1. The highest BCUT2D eigenvalue weighted by Crippen LogP contribution is 2.19. The molecule has 1 aromatic heterocycles. The standard InChI is InChI=1S/C7H11N3O2/c1-10-7(11)12-6(9-10)5-3-2-4-8-5/h5,8H,2-4H2,1H3/t5-/m0/s1. The van der Waals surface area contributed by atoms with Crippen molar-refractivity contribution in [2.75, 3.05) is 6.54 Å². The molecule has 0 aliphatic carbocycles. The Morgan fingerprint density at radius 1 is 1.75 bits per heavy atom. The topological polar surface area (TPSA) is 60.1 Å². The summed E-state index contributed by atoms with van der Waals surface area (Å²) in [5, 5.41) is 7.17. The third-order valence-corrected chi connectivity index (χ3v) is 2.06. The summed E-state index contributed by atoms with van der Waals surface area (Å²) in [4.78, 5) is 10.9. The molecule has 0 unspecified atom stereocenters. The van der Waals surface area contributed by atoms with Crippen molar-refractivity contribution in [2.45, 2.75) is 18.9 Å². The molecule has 0 radical (unpaired) electrons. The first kappa shape index (κ1) is 7.54. The van der Waals surface area contributed by atoms with Crippen LogP contribution in [0.25, 0.3) is 0 Å². The van der Waals surface area contributed by atoms with Gasteiger partial charge in [-0.25, -0.2) is 4.79 Å². The van der Waals surface area contributed by atoms with Gasteiger partial charge in [-0.1, -0.05) is 0 Å². The largest absolute Gasteiger partial charge is 0.436 e. The number of rotatable bonds is 1. The van der Waals surface area contributed by atoms with E-state index in [4.69, 9.17) is 4.42 Å². The lowest BCUT2D eigenvalue weighted by Crippen LogP contribution is -2.13. The molecule has 5 heteroatoms. The van der Waals surface area contributed by atoms with Gasteiger partial charge in [-0.15, -0.1) is 5.10 Å². The number of aromatic nitrogens is 2. The molecule has 0 bridgehead atoms. The maximum atomic E-state index is 10.9. The molecular formula is C7H11N3O2. The Balaban J connectivity index is 2.27. The summed E-state index contributed by atoms with van der Waals surface area (Å²) in [6, 6.07) is 0.138. The average Bonchev–Trinajstić information content (AvgIpc) is 2.61. The van der Waals surface area contributed by atoms with Crippen LogP contribution < -0.4 is 11.1 Å². The zero-order valence-electron chi connectivity index (χ0n) is 6.91. The molecule has 5 nitrogen and oxygen atoms in total. The third-order valence-electron chi connectivity index (χ3n) is 2.06. The van der Waals surface area contributed by atoms with E-state index in [1.807, 2.05) is 0 Å². The van der Waals surface area contributed by atoms with Crippen molar-refractivity contribution in [3.8, 4) is 0 Å². The van der Waals surface area contributed by atoms with E-state index in [1.165, 1.54) is 4.68 Å². The summed E-state index contributed by atoms with van der Waals surface area (Å²) in [6.45, 7) is 0.977. The summed E-state index contributed by atoms with van der Waals surface area (Å²) in [6.07, 6.45) is 2.12. The quantitative estimate of drug-likeness (QED) is 0.632. The first-order valence-corrected chi connectivity index (χ1v) is 4.05. The van der Waals surface area contributed by atoms with E-state index in [0.29, 0.717) is 5.89 Å². The van der Waals surface area contributed by atoms with E-state index in [2.05, 4.69) is 10.4 Å². The molecule has 1 aliphatic rings. The van der Waals surface area contributed by atoms with E-state index in [9.17, 15) is 4.79 Å². The average molecular weight is 169 g/mol. The molecule has 1 N–H and O–H groups in total. The van der Waals surface area contributed by atoms with Gasteiger partial charge in [0, 0.05) is 7.05 Å². The van der Waals surface area contributed by atoms with Gasteiger partial charge in [0.2, 0.25) is 5.89 Å². The molecule has 0 saturated carbocycles. The molecule has 1 atom stereocenters. The minimum absolute atomic E-state index is 0.138. The van der Waals surface area contributed by atoms with Crippen LogP contribution in [-0.4, -0.2) is 16.3 Å². The van der Waals surface area contributed by atoms with Crippen molar-refractivity contribution >= 4 is 0 Å². The Kier molecular flexibility index (Phi) is 1.73. The van der Waals surface area contributed by atoms with E-state index < -0.39 is 5.76 Å². The lowest BCUT2D eigenvalue weighted by atomic mass is 10.2. The van der Waals surface area contributed by atoms with Gasteiger partial charge in [0.25, 0.3) is 0 Å². The monoisotopic (exact) mass is 169 g/mol. The van der Waals surface area contributed by atoms with E-state index in [-0.39, 0.29) is 6.04 Å². The van der Waals surface area contributed by atoms with E-state index in [1.54, 1.807) is 7.05 Å². The summed E-state index contributed by atoms with van der Waals surface area (Å²) in [5.74, 6) is 0.124. The maximum absolute atomic E-state index is 10.9. The smallest absolute Gasteiger partial charge is 0.391 e. The molecule has 1 aliphatic heterocycles. The Bertz CT molecular complexity index is 322. The minimum Gasteiger partial charge on any atom is -0.391 e. The maximum Gasteiger partial charge on any atom is 0.436 e. The number of hydrogen-bond acceptors (Lipinski definition) is 4. The van der Waals surface area contributed by atoms with Crippen molar-refractivity contribution in [2.24, 2.45) is 7.05 Å². The van der Waals surface area contributed by atoms with Gasteiger partial charge in [-0.3, -0.25) is 0 Å². The summed E-state index contributed by atoms with van der Waals surface area (Å²) in [5.41, 5.74) is 0. The molecule has 2 rings (SSSR count). The molecule has 1 saturated heterocycles. The molecule has 2 heterocycles. The highest BCUT2D eigenvalue weighted by atomic mass is 16.4. The number of nitrogens with one attached hydrogen (secondary N) is 1. The lowest BCUT2D eigenvalue weighted by Gasteiger charge is -2.01. The van der Waals surface area contributed by atoms with Gasteiger partial charge in [0.1, 0.15) is 0 Å². The molecule has 0 amide bonds. The van der Waals surface area contributed by atoms with E-state index in [0.717, 1.165) is 19.4 Å². The van der Waals surface area contributed by atoms with Crippen LogP contribution in [0.1, 0.15) is 24.8 Å². The molecule has 0 spiro atoms. The highest BCUT2D eigenvalue weighted by molar-refractivity contribution is 4.90. The Labute approximate surface area is 69.4 Å². The first-order chi connectivity index (χ1) is 5.77. The van der Waals surface area contributed by atoms with Crippen molar-refractivity contribution in [1.29, 1.82) is 0 Å². The van der Waals surface area contributed by atoms with Gasteiger partial charge in [-0.2, -0.15) is 4.68 Å². The normalized spacial score (nSPS) is 23.2. The van der Waals surface area contributed by atoms with Crippen molar-refractivity contribution < 1.29 is 4.42 Å². The molecule has 0 aromatic carbocycles. The second kappa shape index (κ2) is 2.75. The van der Waals surface area contributed by atoms with Crippen LogP contribution in [0.5, 0.6) is 0 Å². The molecule has 1 fully saturated rings. The fourth-order valence-corrected chi connectivity index (χ4v) is 1.40. The molecule has 1 aromatic rings. The molecule has 12 heavy (non-hydrogen) atoms. The van der Waals surface area contributed by atoms with Crippen LogP contribution >= 0.6 is 0 Å². The Morgan fingerprint density at radius 2 is 2.58 bits per heavy atom. The minimum atomic E-state index is -0.390. The zero-order chi connectivity index (χ0) is 8.55. The molecule has 66 valence electrons. The molecular weight excluding hydrogens is 158 g/mol. The second-order valence-corrected chi connectivity index (χ2v) is 2.98. The van der Waals surface area contributed by atoms with Crippen LogP contribution in [0, 0.1) is 0 Å². The van der Waals surface area contributed by atoms with Crippen LogP contribution in [0.2, 0.25) is 0 Å². The SMILES string of the molecule is Cn1nc([C@@H]2CCCN2)oc1=O. The van der Waals surface area contributed by atoms with Gasteiger partial charge in [-0.05, 0) is 19.4 Å². The van der Waals surface area contributed by atoms with Gasteiger partial charge in [0.05, 0.1) is 6.04 Å². The Hall–Kier alpha value is -1.10. The predicted octanol–water partition coefficient (Wildman–Crippen LogP) is -0.202. The summed E-state index contributed by atoms with van der Waals surface area (Å²) in [7, 11) is 1.59.